The van der Waals surface area contributed by atoms with Gasteiger partial charge in [0.1, 0.15) is 6.33 Å². The van der Waals surface area contributed by atoms with Crippen LogP contribution >= 0.6 is 0 Å². The van der Waals surface area contributed by atoms with Crippen molar-refractivity contribution in [3.63, 3.8) is 0 Å². The largest absolute Gasteiger partial charge is 0.342 e. The predicted molar refractivity (Wildman–Crippen MR) is 86.5 cm³/mol. The highest BCUT2D eigenvalue weighted by Crippen LogP contribution is 2.36. The Labute approximate surface area is 135 Å². The maximum atomic E-state index is 12.2. The van der Waals surface area contributed by atoms with Crippen LogP contribution in [0.5, 0.6) is 0 Å². The Morgan fingerprint density at radius 2 is 1.78 bits per heavy atom. The second kappa shape index (κ2) is 6.07. The van der Waals surface area contributed by atoms with Crippen LogP contribution in [0.3, 0.4) is 0 Å². The molecular formula is C18H20N4O. The van der Waals surface area contributed by atoms with E-state index in [1.165, 1.54) is 0 Å². The van der Waals surface area contributed by atoms with Crippen molar-refractivity contribution in [2.24, 2.45) is 5.92 Å². The number of carbonyl (C=O) groups excluding carboxylic acids is 1. The van der Waals surface area contributed by atoms with E-state index in [2.05, 4.69) is 15.0 Å². The molecule has 0 spiro atoms. The van der Waals surface area contributed by atoms with Crippen molar-refractivity contribution in [3.8, 4) is 11.1 Å². The van der Waals surface area contributed by atoms with Crippen LogP contribution in [0.25, 0.3) is 11.1 Å². The second-order valence-electron chi connectivity index (χ2n) is 6.43. The number of pyridine rings is 1. The summed E-state index contributed by atoms with van der Waals surface area (Å²) in [6.07, 6.45) is 11.2. The van der Waals surface area contributed by atoms with E-state index >= 15 is 0 Å². The molecule has 3 heterocycles. The number of likely N-dealkylation sites (tertiary alicyclic amines) is 1. The molecule has 1 saturated heterocycles. The van der Waals surface area contributed by atoms with E-state index in [9.17, 15) is 4.79 Å². The summed E-state index contributed by atoms with van der Waals surface area (Å²) in [5.74, 6) is 1.07. The number of aromatic nitrogens is 3. The molecule has 2 aromatic rings. The lowest BCUT2D eigenvalue weighted by molar-refractivity contribution is -0.133. The number of nitrogens with zero attached hydrogens (tertiary/aromatic N) is 4. The molecule has 1 amide bonds. The molecule has 1 aliphatic heterocycles. The first-order chi connectivity index (χ1) is 11.3. The molecule has 1 aliphatic carbocycles. The summed E-state index contributed by atoms with van der Waals surface area (Å²) in [6.45, 7) is 1.69. The first-order valence-corrected chi connectivity index (χ1v) is 8.32. The minimum absolute atomic E-state index is 0.318. The van der Waals surface area contributed by atoms with E-state index in [1.54, 1.807) is 18.7 Å². The molecule has 4 rings (SSSR count). The van der Waals surface area contributed by atoms with E-state index in [4.69, 9.17) is 0 Å². The fourth-order valence-electron chi connectivity index (χ4n) is 3.38. The van der Waals surface area contributed by atoms with Crippen molar-refractivity contribution in [1.82, 2.24) is 19.9 Å². The van der Waals surface area contributed by atoms with Crippen LogP contribution in [-0.4, -0.2) is 38.8 Å². The Hall–Kier alpha value is -2.30. The number of amides is 1. The number of rotatable bonds is 3. The molecule has 0 bridgehead atoms. The number of piperidine rings is 1. The van der Waals surface area contributed by atoms with Gasteiger partial charge in [-0.2, -0.15) is 0 Å². The van der Waals surface area contributed by atoms with E-state index < -0.39 is 0 Å². The van der Waals surface area contributed by atoms with E-state index in [-0.39, 0.29) is 0 Å². The van der Waals surface area contributed by atoms with Crippen LogP contribution in [0, 0.1) is 5.92 Å². The molecule has 0 unspecified atom stereocenters. The topological polar surface area (TPSA) is 59.0 Å². The highest BCUT2D eigenvalue weighted by atomic mass is 16.2. The number of carbonyl (C=O) groups is 1. The van der Waals surface area contributed by atoms with Crippen LogP contribution < -0.4 is 0 Å². The minimum Gasteiger partial charge on any atom is -0.342 e. The second-order valence-corrected chi connectivity index (χ2v) is 6.43. The molecule has 5 heteroatoms. The highest BCUT2D eigenvalue weighted by molar-refractivity contribution is 5.81. The Morgan fingerprint density at radius 3 is 2.48 bits per heavy atom. The van der Waals surface area contributed by atoms with Gasteiger partial charge in [0.15, 0.2) is 0 Å². The third-order valence-corrected chi connectivity index (χ3v) is 4.85. The Morgan fingerprint density at radius 1 is 1.04 bits per heavy atom. The molecule has 118 valence electrons. The third kappa shape index (κ3) is 2.96. The Bertz CT molecular complexity index is 691. The summed E-state index contributed by atoms with van der Waals surface area (Å²) in [6, 6.07) is 3.99. The molecule has 1 saturated carbocycles. The third-order valence-electron chi connectivity index (χ3n) is 4.85. The van der Waals surface area contributed by atoms with Gasteiger partial charge >= 0.3 is 0 Å². The smallest absolute Gasteiger partial charge is 0.225 e. The first-order valence-electron chi connectivity index (χ1n) is 8.32. The highest BCUT2D eigenvalue weighted by Gasteiger charge is 2.35. The van der Waals surface area contributed by atoms with Crippen LogP contribution in [0.4, 0.5) is 0 Å². The van der Waals surface area contributed by atoms with E-state index in [1.807, 2.05) is 23.2 Å². The molecule has 0 radical (unpaired) electrons. The molecule has 23 heavy (non-hydrogen) atoms. The predicted octanol–water partition coefficient (Wildman–Crippen LogP) is 2.65. The van der Waals surface area contributed by atoms with E-state index in [0.29, 0.717) is 17.7 Å². The summed E-state index contributed by atoms with van der Waals surface area (Å²) in [5.41, 5.74) is 3.29. The molecule has 0 atom stereocenters. The lowest BCUT2D eigenvalue weighted by Crippen LogP contribution is -2.39. The van der Waals surface area contributed by atoms with Gasteiger partial charge in [0, 0.05) is 49.1 Å². The summed E-state index contributed by atoms with van der Waals surface area (Å²) in [7, 11) is 0. The van der Waals surface area contributed by atoms with Crippen LogP contribution in [0.1, 0.15) is 37.3 Å². The quantitative estimate of drug-likeness (QED) is 0.874. The molecule has 2 aromatic heterocycles. The van der Waals surface area contributed by atoms with Crippen LogP contribution in [-0.2, 0) is 4.79 Å². The summed E-state index contributed by atoms with van der Waals surface area (Å²) in [4.78, 5) is 27.1. The lowest BCUT2D eigenvalue weighted by Gasteiger charge is -2.32. The average molecular weight is 308 g/mol. The molecule has 0 N–H and O–H groups in total. The van der Waals surface area contributed by atoms with Crippen molar-refractivity contribution in [3.05, 3.63) is 42.7 Å². The first kappa shape index (κ1) is 14.3. The zero-order chi connectivity index (χ0) is 15.6. The Balaban J connectivity index is 1.52. The molecular weight excluding hydrogens is 288 g/mol. The van der Waals surface area contributed by atoms with Crippen LogP contribution in [0.2, 0.25) is 0 Å². The van der Waals surface area contributed by atoms with E-state index in [0.717, 1.165) is 55.6 Å². The van der Waals surface area contributed by atoms with Gasteiger partial charge in [-0.25, -0.2) is 9.97 Å². The van der Waals surface area contributed by atoms with Crippen LogP contribution in [0.15, 0.2) is 37.1 Å². The van der Waals surface area contributed by atoms with Gasteiger partial charge in [0.2, 0.25) is 5.91 Å². The van der Waals surface area contributed by atoms with Gasteiger partial charge < -0.3 is 4.90 Å². The normalized spacial score (nSPS) is 18.9. The standard InChI is InChI=1S/C18H20N4O/c23-18(15-1-2-15)22-9-5-14(6-10-22)17-16(11-20-12-21-17)13-3-7-19-8-4-13/h3-4,7-8,11-12,14-15H,1-2,5-6,9-10H2. The SMILES string of the molecule is O=C(C1CC1)N1CCC(c2ncncc2-c2ccncc2)CC1. The van der Waals surface area contributed by atoms with Gasteiger partial charge in [-0.15, -0.1) is 0 Å². The van der Waals surface area contributed by atoms with Gasteiger partial charge in [0.05, 0.1) is 5.69 Å². The molecule has 2 aliphatic rings. The summed E-state index contributed by atoms with van der Waals surface area (Å²) >= 11 is 0. The molecule has 2 fully saturated rings. The zero-order valence-electron chi connectivity index (χ0n) is 13.1. The molecule has 5 nitrogen and oxygen atoms in total. The fraction of sp³-hybridized carbons (Fsp3) is 0.444. The van der Waals surface area contributed by atoms with Gasteiger partial charge in [0.25, 0.3) is 0 Å². The zero-order valence-corrected chi connectivity index (χ0v) is 13.1. The Kier molecular flexibility index (Phi) is 3.77. The van der Waals surface area contributed by atoms with Gasteiger partial charge in [-0.3, -0.25) is 9.78 Å². The fourth-order valence-corrected chi connectivity index (χ4v) is 3.38. The monoisotopic (exact) mass is 308 g/mol. The van der Waals surface area contributed by atoms with Crippen molar-refractivity contribution in [2.45, 2.75) is 31.6 Å². The average Bonchev–Trinajstić information content (AvgIpc) is 3.47. The number of hydrogen-bond donors (Lipinski definition) is 0. The minimum atomic E-state index is 0.318. The summed E-state index contributed by atoms with van der Waals surface area (Å²) < 4.78 is 0. The summed E-state index contributed by atoms with van der Waals surface area (Å²) in [5, 5.41) is 0. The van der Waals surface area contributed by atoms with Crippen molar-refractivity contribution in [2.75, 3.05) is 13.1 Å². The van der Waals surface area contributed by atoms with Gasteiger partial charge in [-0.1, -0.05) is 0 Å². The maximum absolute atomic E-state index is 12.2. The van der Waals surface area contributed by atoms with Crippen molar-refractivity contribution < 1.29 is 4.79 Å². The van der Waals surface area contributed by atoms with Crippen molar-refractivity contribution in [1.29, 1.82) is 0 Å². The lowest BCUT2D eigenvalue weighted by atomic mass is 9.89. The maximum Gasteiger partial charge on any atom is 0.225 e. The molecule has 0 aromatic carbocycles. The van der Waals surface area contributed by atoms with Gasteiger partial charge in [-0.05, 0) is 43.4 Å². The number of hydrogen-bond acceptors (Lipinski definition) is 4. The van der Waals surface area contributed by atoms with Crippen molar-refractivity contribution >= 4 is 5.91 Å².